The number of carbonyl (C=O) groups excluding carboxylic acids is 2. The first-order chi connectivity index (χ1) is 11.4. The van der Waals surface area contributed by atoms with Gasteiger partial charge in [-0.25, -0.2) is 0 Å². The van der Waals surface area contributed by atoms with Crippen molar-refractivity contribution >= 4 is 11.6 Å². The third kappa shape index (κ3) is 2.03. The van der Waals surface area contributed by atoms with Crippen molar-refractivity contribution in [2.45, 2.75) is 6.92 Å². The minimum atomic E-state index is -0.432. The van der Waals surface area contributed by atoms with E-state index < -0.39 is 5.78 Å². The first-order valence-corrected chi connectivity index (χ1v) is 7.20. The second kappa shape index (κ2) is 5.56. The van der Waals surface area contributed by atoms with Gasteiger partial charge in [-0.3, -0.25) is 9.59 Å². The molecule has 0 saturated carbocycles. The number of rotatable bonds is 3. The molecule has 124 valence electrons. The molecule has 1 aliphatic rings. The molecule has 6 heteroatoms. The predicted octanol–water partition coefficient (Wildman–Crippen LogP) is 2.50. The molecule has 24 heavy (non-hydrogen) atoms. The van der Waals surface area contributed by atoms with Gasteiger partial charge in [-0.15, -0.1) is 0 Å². The van der Waals surface area contributed by atoms with Crippen LogP contribution in [0.25, 0.3) is 0 Å². The maximum Gasteiger partial charge on any atom is 0.198 e. The van der Waals surface area contributed by atoms with Crippen molar-refractivity contribution in [3.05, 3.63) is 46.0 Å². The van der Waals surface area contributed by atoms with E-state index in [4.69, 9.17) is 14.2 Å². The molecule has 0 heterocycles. The summed E-state index contributed by atoms with van der Waals surface area (Å²) in [6, 6.07) is 4.25. The van der Waals surface area contributed by atoms with Crippen LogP contribution in [0.3, 0.4) is 0 Å². The largest absolute Gasteiger partial charge is 0.507 e. The maximum atomic E-state index is 12.9. The van der Waals surface area contributed by atoms with Gasteiger partial charge in [0.05, 0.1) is 26.9 Å². The number of fused-ring (bicyclic) bond motifs is 2. The van der Waals surface area contributed by atoms with E-state index in [1.807, 2.05) is 0 Å². The molecule has 0 aromatic heterocycles. The Labute approximate surface area is 138 Å². The molecule has 0 spiro atoms. The van der Waals surface area contributed by atoms with Crippen LogP contribution in [-0.2, 0) is 0 Å². The van der Waals surface area contributed by atoms with Gasteiger partial charge >= 0.3 is 0 Å². The van der Waals surface area contributed by atoms with Gasteiger partial charge in [0, 0.05) is 28.3 Å². The molecule has 0 radical (unpaired) electrons. The van der Waals surface area contributed by atoms with Gasteiger partial charge in [0.2, 0.25) is 0 Å². The van der Waals surface area contributed by atoms with Crippen LogP contribution in [0, 0.1) is 6.92 Å². The molecule has 0 saturated heterocycles. The van der Waals surface area contributed by atoms with Crippen molar-refractivity contribution in [2.75, 3.05) is 21.3 Å². The quantitative estimate of drug-likeness (QED) is 0.795. The Kier molecular flexibility index (Phi) is 3.67. The van der Waals surface area contributed by atoms with Crippen LogP contribution in [0.4, 0.5) is 0 Å². The molecule has 0 atom stereocenters. The molecule has 3 rings (SSSR count). The first-order valence-electron chi connectivity index (χ1n) is 7.20. The molecule has 2 aromatic rings. The summed E-state index contributed by atoms with van der Waals surface area (Å²) < 4.78 is 15.6. The van der Waals surface area contributed by atoms with Crippen LogP contribution in [-0.4, -0.2) is 38.0 Å². The minimum absolute atomic E-state index is 0.0244. The predicted molar refractivity (Wildman–Crippen MR) is 85.8 cm³/mol. The molecule has 0 amide bonds. The van der Waals surface area contributed by atoms with E-state index in [1.54, 1.807) is 6.92 Å². The lowest BCUT2D eigenvalue weighted by molar-refractivity contribution is 0.0975. The zero-order chi connectivity index (χ0) is 17.6. The number of benzene rings is 2. The smallest absolute Gasteiger partial charge is 0.198 e. The third-order valence-corrected chi connectivity index (χ3v) is 4.18. The summed E-state index contributed by atoms with van der Waals surface area (Å²) in [5, 5.41) is 10.2. The maximum absolute atomic E-state index is 12.9. The standard InChI is InChI=1S/C18H16O6/c1-8-14-11(7-13(23-3)18(8)24-4)16(20)10-5-9(22-2)6-12(19)15(10)17(14)21/h5-7,19H,1-4H3. The molecular formula is C18H16O6. The molecule has 1 N–H and O–H groups in total. The van der Waals surface area contributed by atoms with Crippen molar-refractivity contribution in [1.82, 2.24) is 0 Å². The highest BCUT2D eigenvalue weighted by Gasteiger charge is 2.36. The lowest BCUT2D eigenvalue weighted by Crippen LogP contribution is -2.23. The Morgan fingerprint density at radius 3 is 2.08 bits per heavy atom. The molecular weight excluding hydrogens is 312 g/mol. The van der Waals surface area contributed by atoms with Gasteiger partial charge in [-0.05, 0) is 19.1 Å². The highest BCUT2D eigenvalue weighted by Crippen LogP contribution is 2.42. The zero-order valence-electron chi connectivity index (χ0n) is 13.7. The molecule has 0 bridgehead atoms. The topological polar surface area (TPSA) is 82.1 Å². The van der Waals surface area contributed by atoms with E-state index in [2.05, 4.69) is 0 Å². The fraction of sp³-hybridized carbons (Fsp3) is 0.222. The van der Waals surface area contributed by atoms with Gasteiger partial charge in [-0.1, -0.05) is 0 Å². The van der Waals surface area contributed by atoms with Gasteiger partial charge < -0.3 is 19.3 Å². The highest BCUT2D eigenvalue weighted by molar-refractivity contribution is 6.30. The second-order valence-electron chi connectivity index (χ2n) is 5.39. The van der Waals surface area contributed by atoms with E-state index in [0.29, 0.717) is 22.8 Å². The van der Waals surface area contributed by atoms with Crippen LogP contribution < -0.4 is 14.2 Å². The lowest BCUT2D eigenvalue weighted by atomic mass is 9.81. The Bertz CT molecular complexity index is 882. The number of phenolic OH excluding ortho intramolecular Hbond substituents is 1. The summed E-state index contributed by atoms with van der Waals surface area (Å²) in [6.07, 6.45) is 0. The number of phenols is 1. The van der Waals surface area contributed by atoms with Gasteiger partial charge in [0.25, 0.3) is 0 Å². The summed E-state index contributed by atoms with van der Waals surface area (Å²) in [6.45, 7) is 1.68. The molecule has 6 nitrogen and oxygen atoms in total. The van der Waals surface area contributed by atoms with Crippen LogP contribution in [0.15, 0.2) is 18.2 Å². The number of hydrogen-bond acceptors (Lipinski definition) is 6. The van der Waals surface area contributed by atoms with Gasteiger partial charge in [-0.2, -0.15) is 0 Å². The summed E-state index contributed by atoms with van der Waals surface area (Å²) >= 11 is 0. The second-order valence-corrected chi connectivity index (χ2v) is 5.39. The van der Waals surface area contributed by atoms with Crippen molar-refractivity contribution < 1.29 is 28.9 Å². The Hall–Kier alpha value is -3.02. The molecule has 0 unspecified atom stereocenters. The Morgan fingerprint density at radius 1 is 0.833 bits per heavy atom. The number of methoxy groups -OCH3 is 3. The van der Waals surface area contributed by atoms with Crippen LogP contribution in [0.1, 0.15) is 37.4 Å². The van der Waals surface area contributed by atoms with Crippen molar-refractivity contribution in [3.8, 4) is 23.0 Å². The lowest BCUT2D eigenvalue weighted by Gasteiger charge is -2.23. The van der Waals surface area contributed by atoms with Crippen molar-refractivity contribution in [3.63, 3.8) is 0 Å². The third-order valence-electron chi connectivity index (χ3n) is 4.18. The molecule has 0 fully saturated rings. The van der Waals surface area contributed by atoms with Crippen LogP contribution in [0.5, 0.6) is 23.0 Å². The summed E-state index contributed by atoms with van der Waals surface area (Å²) in [4.78, 5) is 25.8. The van der Waals surface area contributed by atoms with E-state index >= 15 is 0 Å². The van der Waals surface area contributed by atoms with Crippen LogP contribution >= 0.6 is 0 Å². The van der Waals surface area contributed by atoms with E-state index in [-0.39, 0.29) is 33.8 Å². The fourth-order valence-electron chi connectivity index (χ4n) is 3.05. The number of ketones is 2. The molecule has 0 aliphatic heterocycles. The summed E-state index contributed by atoms with van der Waals surface area (Å²) in [5.74, 6) is -0.0500. The Balaban J connectivity index is 2.35. The van der Waals surface area contributed by atoms with Gasteiger partial charge in [0.1, 0.15) is 11.5 Å². The van der Waals surface area contributed by atoms with Crippen molar-refractivity contribution in [1.29, 1.82) is 0 Å². The summed E-state index contributed by atoms with van der Waals surface area (Å²) in [5.41, 5.74) is 1.01. The normalized spacial score (nSPS) is 12.5. The first kappa shape index (κ1) is 15.9. The average molecular weight is 328 g/mol. The monoisotopic (exact) mass is 328 g/mol. The molecule has 1 aliphatic carbocycles. The fourth-order valence-corrected chi connectivity index (χ4v) is 3.05. The minimum Gasteiger partial charge on any atom is -0.507 e. The van der Waals surface area contributed by atoms with Crippen molar-refractivity contribution in [2.24, 2.45) is 0 Å². The number of hydrogen-bond donors (Lipinski definition) is 1. The van der Waals surface area contributed by atoms with Crippen LogP contribution in [0.2, 0.25) is 0 Å². The SMILES string of the molecule is COc1cc(O)c2c(c1)C(=O)c1cc(OC)c(OC)c(C)c1C2=O. The number of aromatic hydroxyl groups is 1. The Morgan fingerprint density at radius 2 is 1.50 bits per heavy atom. The van der Waals surface area contributed by atoms with Gasteiger partial charge in [0.15, 0.2) is 23.1 Å². The zero-order valence-corrected chi connectivity index (χ0v) is 13.7. The summed E-state index contributed by atoms with van der Waals surface area (Å²) in [7, 11) is 4.34. The number of carbonyl (C=O) groups is 2. The van der Waals surface area contributed by atoms with E-state index in [9.17, 15) is 14.7 Å². The van der Waals surface area contributed by atoms with E-state index in [0.717, 1.165) is 0 Å². The average Bonchev–Trinajstić information content (AvgIpc) is 2.57. The number of ether oxygens (including phenoxy) is 3. The molecule has 2 aromatic carbocycles. The highest BCUT2D eigenvalue weighted by atomic mass is 16.5. The van der Waals surface area contributed by atoms with E-state index in [1.165, 1.54) is 39.5 Å².